The van der Waals surface area contributed by atoms with Crippen molar-refractivity contribution < 1.29 is 14.0 Å². The summed E-state index contributed by atoms with van der Waals surface area (Å²) < 4.78 is 11.3. The highest BCUT2D eigenvalue weighted by molar-refractivity contribution is 6.79. The van der Waals surface area contributed by atoms with Crippen LogP contribution < -0.4 is 4.74 Å². The van der Waals surface area contributed by atoms with Gasteiger partial charge < -0.3 is 14.0 Å². The zero-order valence-electron chi connectivity index (χ0n) is 13.0. The van der Waals surface area contributed by atoms with Gasteiger partial charge in [-0.25, -0.2) is 0 Å². The highest BCUT2D eigenvalue weighted by Crippen LogP contribution is 2.27. The molecule has 0 fully saturated rings. The lowest BCUT2D eigenvalue weighted by Gasteiger charge is -2.26. The standard InChI is InChI=1S/C15H26O3Si2/c1-6-19(3)18-20(4,5)11-7-8-13-9-10-14(16)15(12-13)17-2/h6,9-10,12,16,19H,1,7-8,11H2,2-5H3. The summed E-state index contributed by atoms with van der Waals surface area (Å²) in [5.74, 6) is 0.739. The Kier molecular flexibility index (Phi) is 6.51. The predicted molar refractivity (Wildman–Crippen MR) is 89.6 cm³/mol. The van der Waals surface area contributed by atoms with Crippen molar-refractivity contribution in [1.29, 1.82) is 0 Å². The van der Waals surface area contributed by atoms with Crippen LogP contribution in [0.2, 0.25) is 25.7 Å². The first-order valence-electron chi connectivity index (χ1n) is 7.04. The maximum Gasteiger partial charge on any atom is 0.184 e. The number of benzene rings is 1. The summed E-state index contributed by atoms with van der Waals surface area (Å²) in [5, 5.41) is 9.57. The molecule has 0 spiro atoms. The largest absolute Gasteiger partial charge is 0.504 e. The van der Waals surface area contributed by atoms with Crippen molar-refractivity contribution in [3.63, 3.8) is 0 Å². The van der Waals surface area contributed by atoms with Crippen molar-refractivity contribution >= 4 is 17.4 Å². The molecular formula is C15H26O3Si2. The van der Waals surface area contributed by atoms with Crippen molar-refractivity contribution in [2.75, 3.05) is 7.11 Å². The van der Waals surface area contributed by atoms with Crippen LogP contribution >= 0.6 is 0 Å². The average Bonchev–Trinajstić information content (AvgIpc) is 2.39. The Morgan fingerprint density at radius 3 is 2.70 bits per heavy atom. The summed E-state index contributed by atoms with van der Waals surface area (Å²) in [6, 6.07) is 6.70. The van der Waals surface area contributed by atoms with E-state index in [1.165, 1.54) is 5.56 Å². The van der Waals surface area contributed by atoms with Gasteiger partial charge in [-0.3, -0.25) is 0 Å². The van der Waals surface area contributed by atoms with Gasteiger partial charge in [-0.2, -0.15) is 0 Å². The van der Waals surface area contributed by atoms with Gasteiger partial charge in [0.25, 0.3) is 0 Å². The molecule has 0 aliphatic carbocycles. The van der Waals surface area contributed by atoms with E-state index in [-0.39, 0.29) is 5.75 Å². The lowest BCUT2D eigenvalue weighted by Crippen LogP contribution is -2.35. The van der Waals surface area contributed by atoms with E-state index in [4.69, 9.17) is 8.85 Å². The maximum atomic E-state index is 9.57. The lowest BCUT2D eigenvalue weighted by atomic mass is 10.1. The van der Waals surface area contributed by atoms with Crippen molar-refractivity contribution in [3.8, 4) is 11.5 Å². The van der Waals surface area contributed by atoms with E-state index in [0.29, 0.717) is 5.75 Å². The molecule has 1 aromatic rings. The molecule has 1 atom stereocenters. The van der Waals surface area contributed by atoms with Gasteiger partial charge in [0.2, 0.25) is 0 Å². The van der Waals surface area contributed by atoms with E-state index in [9.17, 15) is 5.11 Å². The van der Waals surface area contributed by atoms with Crippen LogP contribution in [-0.4, -0.2) is 29.6 Å². The van der Waals surface area contributed by atoms with Crippen molar-refractivity contribution in [3.05, 3.63) is 36.0 Å². The Morgan fingerprint density at radius 1 is 1.40 bits per heavy atom. The topological polar surface area (TPSA) is 38.7 Å². The molecule has 112 valence electrons. The molecule has 0 heterocycles. The Balaban J connectivity index is 2.49. The van der Waals surface area contributed by atoms with Gasteiger partial charge in [-0.1, -0.05) is 11.8 Å². The Hall–Kier alpha value is -1.05. The number of ether oxygens (including phenoxy) is 1. The van der Waals surface area contributed by atoms with E-state index in [0.717, 1.165) is 18.9 Å². The number of hydrogen-bond donors (Lipinski definition) is 1. The first-order chi connectivity index (χ1) is 9.38. The van der Waals surface area contributed by atoms with Crippen molar-refractivity contribution in [2.45, 2.75) is 38.5 Å². The SMILES string of the molecule is C=C[SiH](C)O[Si](C)(C)CCCc1ccc(O)c(OC)c1. The molecule has 0 radical (unpaired) electrons. The molecule has 0 amide bonds. The number of methoxy groups -OCH3 is 1. The third kappa shape index (κ3) is 5.52. The molecule has 1 rings (SSSR count). The Labute approximate surface area is 125 Å². The summed E-state index contributed by atoms with van der Waals surface area (Å²) in [7, 11) is -1.16. The van der Waals surface area contributed by atoms with E-state index >= 15 is 0 Å². The van der Waals surface area contributed by atoms with Gasteiger partial charge in [0.15, 0.2) is 28.9 Å². The predicted octanol–water partition coefficient (Wildman–Crippen LogP) is 3.63. The maximum absolute atomic E-state index is 9.57. The van der Waals surface area contributed by atoms with E-state index in [1.807, 2.05) is 17.8 Å². The number of aromatic hydroxyl groups is 1. The second-order valence-electron chi connectivity index (χ2n) is 5.68. The average molecular weight is 311 g/mol. The van der Waals surface area contributed by atoms with Gasteiger partial charge in [0, 0.05) is 0 Å². The molecule has 0 aromatic heterocycles. The summed E-state index contributed by atoms with van der Waals surface area (Å²) in [6.07, 6.45) is 2.09. The summed E-state index contributed by atoms with van der Waals surface area (Å²) in [4.78, 5) is 0. The molecule has 0 bridgehead atoms. The Bertz CT molecular complexity index is 447. The van der Waals surface area contributed by atoms with E-state index in [1.54, 1.807) is 13.2 Å². The van der Waals surface area contributed by atoms with Crippen LogP contribution in [0.4, 0.5) is 0 Å². The molecule has 0 aliphatic rings. The van der Waals surface area contributed by atoms with Crippen LogP contribution in [0, 0.1) is 0 Å². The molecule has 1 aromatic carbocycles. The molecule has 0 saturated heterocycles. The minimum absolute atomic E-state index is 0.195. The monoisotopic (exact) mass is 310 g/mol. The van der Waals surface area contributed by atoms with Crippen molar-refractivity contribution in [2.24, 2.45) is 0 Å². The first kappa shape index (κ1) is 17.0. The van der Waals surface area contributed by atoms with Gasteiger partial charge in [-0.15, -0.1) is 6.58 Å². The van der Waals surface area contributed by atoms with Crippen LogP contribution in [0.25, 0.3) is 0 Å². The second kappa shape index (κ2) is 7.66. The van der Waals surface area contributed by atoms with Gasteiger partial charge in [0.05, 0.1) is 7.11 Å². The third-order valence-electron chi connectivity index (χ3n) is 3.33. The van der Waals surface area contributed by atoms with Crippen LogP contribution in [0.15, 0.2) is 30.5 Å². The smallest absolute Gasteiger partial charge is 0.184 e. The number of phenolic OH excluding ortho intramolecular Hbond substituents is 1. The fraction of sp³-hybridized carbons (Fsp3) is 0.467. The summed E-state index contributed by atoms with van der Waals surface area (Å²) in [6.45, 7) is 10.5. The second-order valence-corrected chi connectivity index (χ2v) is 12.5. The minimum atomic E-state index is -1.56. The lowest BCUT2D eigenvalue weighted by molar-refractivity contribution is 0.373. The van der Waals surface area contributed by atoms with Gasteiger partial charge in [-0.05, 0) is 56.2 Å². The number of hydrogen-bond acceptors (Lipinski definition) is 3. The minimum Gasteiger partial charge on any atom is -0.504 e. The van der Waals surface area contributed by atoms with Crippen molar-refractivity contribution in [1.82, 2.24) is 0 Å². The van der Waals surface area contributed by atoms with Gasteiger partial charge >= 0.3 is 0 Å². The highest BCUT2D eigenvalue weighted by Gasteiger charge is 2.23. The zero-order chi connectivity index (χ0) is 15.2. The highest BCUT2D eigenvalue weighted by atomic mass is 28.4. The summed E-state index contributed by atoms with van der Waals surface area (Å²) in [5.41, 5.74) is 3.18. The Morgan fingerprint density at radius 2 is 2.10 bits per heavy atom. The van der Waals surface area contributed by atoms with Crippen LogP contribution in [-0.2, 0) is 10.5 Å². The molecule has 3 nitrogen and oxygen atoms in total. The molecular weight excluding hydrogens is 284 g/mol. The zero-order valence-corrected chi connectivity index (χ0v) is 15.1. The quantitative estimate of drug-likeness (QED) is 0.745. The van der Waals surface area contributed by atoms with E-state index < -0.39 is 17.4 Å². The molecule has 0 saturated carbocycles. The summed E-state index contributed by atoms with van der Waals surface area (Å²) >= 11 is 0. The number of aryl methyl sites for hydroxylation is 1. The number of rotatable bonds is 8. The fourth-order valence-corrected chi connectivity index (χ4v) is 8.12. The normalized spacial score (nSPS) is 13.0. The van der Waals surface area contributed by atoms with Crippen LogP contribution in [0.5, 0.6) is 11.5 Å². The van der Waals surface area contributed by atoms with Crippen LogP contribution in [0.3, 0.4) is 0 Å². The fourth-order valence-electron chi connectivity index (χ4n) is 2.21. The molecule has 0 aliphatic heterocycles. The van der Waals surface area contributed by atoms with Gasteiger partial charge in [0.1, 0.15) is 0 Å². The first-order valence-corrected chi connectivity index (χ1v) is 12.4. The van der Waals surface area contributed by atoms with E-state index in [2.05, 4.69) is 26.2 Å². The molecule has 1 unspecified atom stereocenters. The molecule has 5 heteroatoms. The molecule has 20 heavy (non-hydrogen) atoms. The number of phenols is 1. The molecule has 1 N–H and O–H groups in total. The third-order valence-corrected chi connectivity index (χ3v) is 9.59. The van der Waals surface area contributed by atoms with Crippen LogP contribution in [0.1, 0.15) is 12.0 Å².